The lowest BCUT2D eigenvalue weighted by Gasteiger charge is -2.30. The quantitative estimate of drug-likeness (QED) is 0.190. The molecule has 0 saturated heterocycles. The molecule has 0 heterocycles. The highest BCUT2D eigenvalue weighted by molar-refractivity contribution is 7.56. The van der Waals surface area contributed by atoms with Gasteiger partial charge in [-0.3, -0.25) is 4.79 Å². The van der Waals surface area contributed by atoms with Gasteiger partial charge in [0.1, 0.15) is 17.3 Å². The Balaban J connectivity index is 2.16. The molecule has 0 saturated carbocycles. The zero-order valence-electron chi connectivity index (χ0n) is 23.6. The summed E-state index contributed by atoms with van der Waals surface area (Å²) >= 11 is 0. The zero-order valence-corrected chi connectivity index (χ0v) is 24.5. The monoisotopic (exact) mass is 571 g/mol. The molecule has 3 aromatic carbocycles. The van der Waals surface area contributed by atoms with Crippen LogP contribution in [-0.4, -0.2) is 37.9 Å². The van der Waals surface area contributed by atoms with Gasteiger partial charge in [-0.1, -0.05) is 30.3 Å². The van der Waals surface area contributed by atoms with E-state index < -0.39 is 25.1 Å². The lowest BCUT2D eigenvalue weighted by molar-refractivity contribution is -0.117. The molecular weight excluding hydrogens is 533 g/mol. The number of hydrogen-bond acceptors (Lipinski definition) is 9. The minimum Gasteiger partial charge on any atom is -0.494 e. The maximum absolute atomic E-state index is 14.9. The first kappa shape index (κ1) is 30.9. The first-order valence-corrected chi connectivity index (χ1v) is 15.0. The van der Waals surface area contributed by atoms with Crippen molar-refractivity contribution in [3.8, 4) is 34.5 Å². The summed E-state index contributed by atoms with van der Waals surface area (Å²) in [6, 6.07) is 17.7. The molecule has 0 amide bonds. The summed E-state index contributed by atoms with van der Waals surface area (Å²) in [5.41, 5.74) is 5.84. The number of carbonyl (C=O) groups excluding carboxylic acids is 1. The Morgan fingerprint density at radius 2 is 1.15 bits per heavy atom. The largest absolute Gasteiger partial charge is 0.494 e. The Kier molecular flexibility index (Phi) is 11.3. The van der Waals surface area contributed by atoms with Crippen molar-refractivity contribution in [1.29, 1.82) is 0 Å². The molecule has 0 spiro atoms. The van der Waals surface area contributed by atoms with Crippen molar-refractivity contribution in [3.63, 3.8) is 0 Å². The first-order chi connectivity index (χ1) is 19.3. The van der Waals surface area contributed by atoms with Crippen LogP contribution in [0.1, 0.15) is 46.2 Å². The van der Waals surface area contributed by atoms with Crippen LogP contribution in [0.2, 0.25) is 0 Å². The third kappa shape index (κ3) is 7.71. The standard InChI is InChI=1S/C30H38NO8P/c1-6-34-23-15-17-25(27(19-23)36-8-3)38-40(33,30(21(5)32)29(31)22-13-11-10-12-14-22)39-26-18-16-24(35-7-2)20-28(26)37-9-4/h10-20,29-30H,6-9,31H2,1-5H3. The van der Waals surface area contributed by atoms with E-state index >= 15 is 0 Å². The van der Waals surface area contributed by atoms with E-state index in [1.807, 2.05) is 33.8 Å². The Hall–Kier alpha value is -3.68. The molecule has 2 unspecified atom stereocenters. The van der Waals surface area contributed by atoms with Crippen molar-refractivity contribution in [3.05, 3.63) is 72.3 Å². The van der Waals surface area contributed by atoms with E-state index in [1.54, 1.807) is 60.7 Å². The van der Waals surface area contributed by atoms with Crippen molar-refractivity contribution in [1.82, 2.24) is 0 Å². The molecule has 216 valence electrons. The first-order valence-electron chi connectivity index (χ1n) is 13.3. The van der Waals surface area contributed by atoms with Crippen LogP contribution in [0.15, 0.2) is 66.7 Å². The van der Waals surface area contributed by atoms with Crippen LogP contribution >= 0.6 is 7.60 Å². The highest BCUT2D eigenvalue weighted by atomic mass is 31.2. The molecule has 0 radical (unpaired) electrons. The SMILES string of the molecule is CCOc1ccc(OP(=O)(Oc2ccc(OCC)cc2OCC)C(C(C)=O)C(N)c2ccccc2)c(OCC)c1. The van der Waals surface area contributed by atoms with Crippen molar-refractivity contribution in [2.24, 2.45) is 5.73 Å². The highest BCUT2D eigenvalue weighted by Crippen LogP contribution is 2.59. The second-order valence-corrected chi connectivity index (χ2v) is 10.7. The summed E-state index contributed by atoms with van der Waals surface area (Å²) in [5, 5.41) is 0. The molecule has 0 aromatic heterocycles. The Morgan fingerprint density at radius 3 is 1.55 bits per heavy atom. The van der Waals surface area contributed by atoms with Crippen LogP contribution < -0.4 is 33.7 Å². The topological polar surface area (TPSA) is 116 Å². The molecule has 3 aromatic rings. The number of Topliss-reactive ketones (excluding diaryl/α,β-unsaturated/α-hetero) is 1. The average molecular weight is 572 g/mol. The van der Waals surface area contributed by atoms with Crippen molar-refractivity contribution < 1.29 is 37.4 Å². The summed E-state index contributed by atoms with van der Waals surface area (Å²) in [7, 11) is -4.43. The van der Waals surface area contributed by atoms with Gasteiger partial charge in [0.15, 0.2) is 28.7 Å². The van der Waals surface area contributed by atoms with Gasteiger partial charge in [0, 0.05) is 12.1 Å². The Labute approximate surface area is 236 Å². The molecule has 40 heavy (non-hydrogen) atoms. The van der Waals surface area contributed by atoms with E-state index in [1.165, 1.54) is 6.92 Å². The maximum atomic E-state index is 14.9. The summed E-state index contributed by atoms with van der Waals surface area (Å²) in [4.78, 5) is 13.2. The second kappa shape index (κ2) is 14.6. The van der Waals surface area contributed by atoms with E-state index in [0.29, 0.717) is 43.5 Å². The third-order valence-corrected chi connectivity index (χ3v) is 8.05. The Morgan fingerprint density at radius 1 is 0.700 bits per heavy atom. The summed E-state index contributed by atoms with van der Waals surface area (Å²) in [5.74, 6) is 1.42. The van der Waals surface area contributed by atoms with Crippen molar-refractivity contribution in [2.45, 2.75) is 46.3 Å². The van der Waals surface area contributed by atoms with Crippen molar-refractivity contribution >= 4 is 13.4 Å². The number of ketones is 1. The van der Waals surface area contributed by atoms with Crippen LogP contribution in [0.25, 0.3) is 0 Å². The fourth-order valence-electron chi connectivity index (χ4n) is 4.11. The van der Waals surface area contributed by atoms with Gasteiger partial charge in [-0.15, -0.1) is 0 Å². The van der Waals surface area contributed by atoms with Crippen LogP contribution in [0.3, 0.4) is 0 Å². The van der Waals surface area contributed by atoms with Crippen LogP contribution in [0, 0.1) is 0 Å². The van der Waals surface area contributed by atoms with Gasteiger partial charge >= 0.3 is 7.60 Å². The predicted octanol–water partition coefficient (Wildman–Crippen LogP) is 6.59. The van der Waals surface area contributed by atoms with Gasteiger partial charge < -0.3 is 33.7 Å². The maximum Gasteiger partial charge on any atom is 0.443 e. The minimum absolute atomic E-state index is 0.115. The summed E-state index contributed by atoms with van der Waals surface area (Å²) < 4.78 is 50.0. The number of carbonyl (C=O) groups is 1. The normalized spacial score (nSPS) is 12.7. The minimum atomic E-state index is -4.43. The lowest BCUT2D eigenvalue weighted by atomic mass is 10.0. The molecular formula is C30H38NO8P. The average Bonchev–Trinajstić information content (AvgIpc) is 2.92. The van der Waals surface area contributed by atoms with E-state index in [-0.39, 0.29) is 23.0 Å². The molecule has 0 bridgehead atoms. The molecule has 0 aliphatic carbocycles. The number of nitrogens with two attached hydrogens (primary N) is 1. The summed E-state index contributed by atoms with van der Waals surface area (Å²) in [6.07, 6.45) is 0. The Bertz CT molecular complexity index is 1230. The van der Waals surface area contributed by atoms with E-state index in [0.717, 1.165) is 0 Å². The van der Waals surface area contributed by atoms with Gasteiger partial charge in [0.2, 0.25) is 0 Å². The third-order valence-electron chi connectivity index (χ3n) is 5.79. The molecule has 2 atom stereocenters. The van der Waals surface area contributed by atoms with Gasteiger partial charge in [-0.2, -0.15) is 0 Å². The molecule has 2 N–H and O–H groups in total. The van der Waals surface area contributed by atoms with Crippen molar-refractivity contribution in [2.75, 3.05) is 26.4 Å². The van der Waals surface area contributed by atoms with E-state index in [9.17, 15) is 9.36 Å². The van der Waals surface area contributed by atoms with Gasteiger partial charge in [-0.05, 0) is 64.4 Å². The molecule has 0 fully saturated rings. The van der Waals surface area contributed by atoms with Crippen LogP contribution in [-0.2, 0) is 9.36 Å². The smallest absolute Gasteiger partial charge is 0.443 e. The van der Waals surface area contributed by atoms with E-state index in [2.05, 4.69) is 0 Å². The van der Waals surface area contributed by atoms with Gasteiger partial charge in [-0.25, -0.2) is 4.57 Å². The molecule has 0 aliphatic rings. The van der Waals surface area contributed by atoms with Gasteiger partial charge in [0.25, 0.3) is 0 Å². The fourth-order valence-corrected chi connectivity index (χ4v) is 6.24. The lowest BCUT2D eigenvalue weighted by Crippen LogP contribution is -2.35. The molecule has 10 heteroatoms. The molecule has 0 aliphatic heterocycles. The van der Waals surface area contributed by atoms with Crippen LogP contribution in [0.4, 0.5) is 0 Å². The number of benzene rings is 3. The van der Waals surface area contributed by atoms with E-state index in [4.69, 9.17) is 33.7 Å². The molecule has 3 rings (SSSR count). The zero-order chi connectivity index (χ0) is 29.1. The van der Waals surface area contributed by atoms with Crippen LogP contribution in [0.5, 0.6) is 34.5 Å². The second-order valence-electron chi connectivity index (χ2n) is 8.66. The van der Waals surface area contributed by atoms with Gasteiger partial charge in [0.05, 0.1) is 32.5 Å². The molecule has 9 nitrogen and oxygen atoms in total. The fraction of sp³-hybridized carbons (Fsp3) is 0.367. The number of ether oxygens (including phenoxy) is 4. The predicted molar refractivity (Wildman–Crippen MR) is 154 cm³/mol. The summed E-state index contributed by atoms with van der Waals surface area (Å²) in [6.45, 7) is 10.2. The number of hydrogen-bond donors (Lipinski definition) is 1. The highest BCUT2D eigenvalue weighted by Gasteiger charge is 2.48. The number of rotatable bonds is 16.